The predicted molar refractivity (Wildman–Crippen MR) is 71.8 cm³/mol. The monoisotopic (exact) mass is 273 g/mol. The van der Waals surface area contributed by atoms with Crippen LogP contribution in [0.25, 0.3) is 0 Å². The first-order valence-electron chi connectivity index (χ1n) is 5.99. The van der Waals surface area contributed by atoms with E-state index < -0.39 is 0 Å². The van der Waals surface area contributed by atoms with E-state index in [1.807, 2.05) is 18.2 Å². The number of halogens is 2. The molecule has 0 aromatic heterocycles. The van der Waals surface area contributed by atoms with E-state index in [1.165, 1.54) is 0 Å². The van der Waals surface area contributed by atoms with Crippen LogP contribution in [0.4, 0.5) is 0 Å². The van der Waals surface area contributed by atoms with Crippen molar-refractivity contribution in [3.8, 4) is 0 Å². The van der Waals surface area contributed by atoms with Crippen LogP contribution < -0.4 is 5.32 Å². The fourth-order valence-corrected chi connectivity index (χ4v) is 2.54. The maximum atomic E-state index is 6.04. The van der Waals surface area contributed by atoms with Gasteiger partial charge in [-0.2, -0.15) is 0 Å². The second-order valence-corrected chi connectivity index (χ2v) is 5.14. The molecule has 1 heterocycles. The average Bonchev–Trinajstić information content (AvgIpc) is 2.78. The van der Waals surface area contributed by atoms with Crippen LogP contribution in [-0.4, -0.2) is 19.7 Å². The predicted octanol–water partition coefficient (Wildman–Crippen LogP) is 3.68. The Morgan fingerprint density at radius 2 is 2.18 bits per heavy atom. The normalized spacial score (nSPS) is 24.2. The first kappa shape index (κ1) is 13.2. The fraction of sp³-hybridized carbons (Fsp3) is 0.538. The summed E-state index contributed by atoms with van der Waals surface area (Å²) in [6.07, 6.45) is 1.24. The average molecular weight is 274 g/mol. The minimum atomic E-state index is 0.142. The fourth-order valence-electron chi connectivity index (χ4n) is 2.23. The Balaban J connectivity index is 2.11. The molecule has 4 heteroatoms. The second-order valence-electron chi connectivity index (χ2n) is 4.32. The molecule has 1 aromatic rings. The van der Waals surface area contributed by atoms with Crippen LogP contribution in [0.3, 0.4) is 0 Å². The van der Waals surface area contributed by atoms with E-state index in [1.54, 1.807) is 0 Å². The molecule has 94 valence electrons. The summed E-state index contributed by atoms with van der Waals surface area (Å²) in [7, 11) is 0. The standard InChI is InChI=1S/C13H17Cl2NO/c1-2-16-8-10-5-6-17-13(10)9-3-4-11(14)12(15)7-9/h3-4,7,10,13,16H,2,5-6,8H2,1H3. The van der Waals surface area contributed by atoms with Crippen molar-refractivity contribution in [1.82, 2.24) is 5.32 Å². The van der Waals surface area contributed by atoms with E-state index in [2.05, 4.69) is 12.2 Å². The summed E-state index contributed by atoms with van der Waals surface area (Å²) in [4.78, 5) is 0. The van der Waals surface area contributed by atoms with Crippen molar-refractivity contribution < 1.29 is 4.74 Å². The third-order valence-electron chi connectivity index (χ3n) is 3.14. The van der Waals surface area contributed by atoms with E-state index in [0.29, 0.717) is 16.0 Å². The maximum absolute atomic E-state index is 6.04. The number of rotatable bonds is 4. The van der Waals surface area contributed by atoms with Crippen molar-refractivity contribution in [2.75, 3.05) is 19.7 Å². The van der Waals surface area contributed by atoms with Crippen molar-refractivity contribution in [3.63, 3.8) is 0 Å². The Labute approximate surface area is 112 Å². The largest absolute Gasteiger partial charge is 0.373 e. The lowest BCUT2D eigenvalue weighted by Crippen LogP contribution is -2.24. The van der Waals surface area contributed by atoms with Crippen molar-refractivity contribution in [2.24, 2.45) is 5.92 Å². The molecule has 1 aromatic carbocycles. The molecule has 1 saturated heterocycles. The molecule has 17 heavy (non-hydrogen) atoms. The summed E-state index contributed by atoms with van der Waals surface area (Å²) in [5.74, 6) is 0.521. The second kappa shape index (κ2) is 6.05. The molecule has 0 radical (unpaired) electrons. The molecule has 2 nitrogen and oxygen atoms in total. The zero-order valence-corrected chi connectivity index (χ0v) is 11.4. The van der Waals surface area contributed by atoms with Gasteiger partial charge in [0.2, 0.25) is 0 Å². The smallest absolute Gasteiger partial charge is 0.0866 e. The third-order valence-corrected chi connectivity index (χ3v) is 3.88. The highest BCUT2D eigenvalue weighted by molar-refractivity contribution is 6.42. The van der Waals surface area contributed by atoms with Gasteiger partial charge in [0.1, 0.15) is 0 Å². The first-order valence-corrected chi connectivity index (χ1v) is 6.75. The summed E-state index contributed by atoms with van der Waals surface area (Å²) >= 11 is 12.0. The number of ether oxygens (including phenoxy) is 1. The molecule has 0 spiro atoms. The Morgan fingerprint density at radius 1 is 1.35 bits per heavy atom. The summed E-state index contributed by atoms with van der Waals surface area (Å²) in [6.45, 7) is 4.91. The molecule has 1 aliphatic rings. The van der Waals surface area contributed by atoms with Gasteiger partial charge in [0.05, 0.1) is 16.1 Å². The van der Waals surface area contributed by atoms with Gasteiger partial charge in [0.15, 0.2) is 0 Å². The maximum Gasteiger partial charge on any atom is 0.0866 e. The lowest BCUT2D eigenvalue weighted by Gasteiger charge is -2.19. The molecule has 1 N–H and O–H groups in total. The van der Waals surface area contributed by atoms with Gasteiger partial charge in [-0.1, -0.05) is 36.2 Å². The van der Waals surface area contributed by atoms with Gasteiger partial charge < -0.3 is 10.1 Å². The molecular weight excluding hydrogens is 257 g/mol. The number of benzene rings is 1. The molecule has 2 unspecified atom stereocenters. The van der Waals surface area contributed by atoms with E-state index in [4.69, 9.17) is 27.9 Å². The highest BCUT2D eigenvalue weighted by atomic mass is 35.5. The van der Waals surface area contributed by atoms with Crippen LogP contribution in [-0.2, 0) is 4.74 Å². The van der Waals surface area contributed by atoms with E-state index >= 15 is 0 Å². The van der Waals surface area contributed by atoms with Gasteiger partial charge in [0, 0.05) is 19.1 Å². The minimum Gasteiger partial charge on any atom is -0.373 e. The Kier molecular flexibility index (Phi) is 4.69. The molecule has 2 rings (SSSR count). The van der Waals surface area contributed by atoms with Crippen molar-refractivity contribution >= 4 is 23.2 Å². The summed E-state index contributed by atoms with van der Waals surface area (Å²) < 4.78 is 5.80. The Morgan fingerprint density at radius 3 is 2.88 bits per heavy atom. The van der Waals surface area contributed by atoms with Gasteiger partial charge in [0.25, 0.3) is 0 Å². The number of nitrogens with one attached hydrogen (secondary N) is 1. The highest BCUT2D eigenvalue weighted by Gasteiger charge is 2.29. The van der Waals surface area contributed by atoms with Gasteiger partial charge in [-0.05, 0) is 30.7 Å². The van der Waals surface area contributed by atoms with Gasteiger partial charge in [-0.25, -0.2) is 0 Å². The molecule has 1 aliphatic heterocycles. The van der Waals surface area contributed by atoms with Crippen LogP contribution in [0, 0.1) is 5.92 Å². The SMILES string of the molecule is CCNCC1CCOC1c1ccc(Cl)c(Cl)c1. The van der Waals surface area contributed by atoms with Gasteiger partial charge in [-0.15, -0.1) is 0 Å². The topological polar surface area (TPSA) is 21.3 Å². The molecule has 0 saturated carbocycles. The quantitative estimate of drug-likeness (QED) is 0.904. The molecule has 2 atom stereocenters. The van der Waals surface area contributed by atoms with E-state index in [-0.39, 0.29) is 6.10 Å². The Bertz CT molecular complexity index is 384. The van der Waals surface area contributed by atoms with Gasteiger partial charge in [-0.3, -0.25) is 0 Å². The van der Waals surface area contributed by atoms with Crippen LogP contribution in [0.2, 0.25) is 10.0 Å². The van der Waals surface area contributed by atoms with Crippen LogP contribution in [0.1, 0.15) is 25.0 Å². The highest BCUT2D eigenvalue weighted by Crippen LogP contribution is 2.36. The summed E-state index contributed by atoms with van der Waals surface area (Å²) in [6, 6.07) is 5.76. The zero-order valence-electron chi connectivity index (χ0n) is 9.88. The molecule has 0 aliphatic carbocycles. The van der Waals surface area contributed by atoms with Crippen molar-refractivity contribution in [1.29, 1.82) is 0 Å². The number of hydrogen-bond donors (Lipinski definition) is 1. The van der Waals surface area contributed by atoms with Crippen LogP contribution in [0.5, 0.6) is 0 Å². The van der Waals surface area contributed by atoms with Gasteiger partial charge >= 0.3 is 0 Å². The Hall–Kier alpha value is -0.280. The lowest BCUT2D eigenvalue weighted by atomic mass is 9.95. The molecular formula is C13H17Cl2NO. The summed E-state index contributed by atoms with van der Waals surface area (Å²) in [5.41, 5.74) is 1.12. The van der Waals surface area contributed by atoms with Crippen LogP contribution in [0.15, 0.2) is 18.2 Å². The van der Waals surface area contributed by atoms with Crippen molar-refractivity contribution in [3.05, 3.63) is 33.8 Å². The minimum absolute atomic E-state index is 0.142. The zero-order chi connectivity index (χ0) is 12.3. The molecule has 0 amide bonds. The van der Waals surface area contributed by atoms with E-state index in [9.17, 15) is 0 Å². The third kappa shape index (κ3) is 3.14. The van der Waals surface area contributed by atoms with Crippen LogP contribution >= 0.6 is 23.2 Å². The molecule has 0 bridgehead atoms. The number of hydrogen-bond acceptors (Lipinski definition) is 2. The van der Waals surface area contributed by atoms with Crippen molar-refractivity contribution in [2.45, 2.75) is 19.4 Å². The first-order chi connectivity index (χ1) is 8.22. The lowest BCUT2D eigenvalue weighted by molar-refractivity contribution is 0.0907. The summed E-state index contributed by atoms with van der Waals surface area (Å²) in [5, 5.41) is 4.57. The molecule has 1 fully saturated rings. The van der Waals surface area contributed by atoms with E-state index in [0.717, 1.165) is 31.7 Å².